The van der Waals surface area contributed by atoms with Gasteiger partial charge < -0.3 is 5.32 Å². The summed E-state index contributed by atoms with van der Waals surface area (Å²) in [5.74, 6) is -0.752. The number of rotatable bonds is 5. The molecule has 0 aromatic heterocycles. The Morgan fingerprint density at radius 1 is 1.08 bits per heavy atom. The molecule has 0 saturated carbocycles. The number of benzene rings is 2. The van der Waals surface area contributed by atoms with Gasteiger partial charge in [0, 0.05) is 16.9 Å². The summed E-state index contributed by atoms with van der Waals surface area (Å²) in [6, 6.07) is 8.49. The number of anilines is 2. The summed E-state index contributed by atoms with van der Waals surface area (Å²) in [4.78, 5) is 12.1. The first-order valence-electron chi connectivity index (χ1n) is 7.30. The van der Waals surface area contributed by atoms with Gasteiger partial charge >= 0.3 is 6.18 Å². The molecule has 0 unspecified atom stereocenters. The number of sulfonamides is 1. The maximum absolute atomic E-state index is 12.8. The van der Waals surface area contributed by atoms with Crippen molar-refractivity contribution < 1.29 is 26.4 Å². The van der Waals surface area contributed by atoms with Crippen molar-refractivity contribution in [2.24, 2.45) is 0 Å². The fourth-order valence-electron chi connectivity index (χ4n) is 1.96. The molecule has 26 heavy (non-hydrogen) atoms. The van der Waals surface area contributed by atoms with Crippen molar-refractivity contribution >= 4 is 38.9 Å². The second-order valence-corrected chi connectivity index (χ2v) is 7.65. The van der Waals surface area contributed by atoms with Gasteiger partial charge in [0.05, 0.1) is 16.3 Å². The number of halogens is 4. The molecule has 2 rings (SSSR count). The minimum atomic E-state index is -4.64. The van der Waals surface area contributed by atoms with E-state index in [1.165, 1.54) is 37.3 Å². The largest absolute Gasteiger partial charge is 0.417 e. The van der Waals surface area contributed by atoms with Crippen LogP contribution in [0.4, 0.5) is 24.5 Å². The average Bonchev–Trinajstić information content (AvgIpc) is 2.56. The van der Waals surface area contributed by atoms with Crippen LogP contribution in [-0.4, -0.2) is 20.1 Å². The summed E-state index contributed by atoms with van der Waals surface area (Å²) in [6.45, 7) is 1.48. The second kappa shape index (κ2) is 7.55. The molecule has 1 amide bonds. The number of alkyl halides is 3. The van der Waals surface area contributed by atoms with Gasteiger partial charge in [0.1, 0.15) is 0 Å². The lowest BCUT2D eigenvalue weighted by Crippen LogP contribution is -2.15. The zero-order valence-corrected chi connectivity index (χ0v) is 15.0. The van der Waals surface area contributed by atoms with Gasteiger partial charge in [0.2, 0.25) is 10.0 Å². The van der Waals surface area contributed by atoms with Gasteiger partial charge in [-0.1, -0.05) is 11.6 Å². The van der Waals surface area contributed by atoms with E-state index in [1.807, 2.05) is 0 Å². The first-order valence-corrected chi connectivity index (χ1v) is 9.33. The molecular weight excluding hydrogens is 393 g/mol. The number of nitrogens with one attached hydrogen (secondary N) is 2. The van der Waals surface area contributed by atoms with Crippen LogP contribution in [0.5, 0.6) is 0 Å². The zero-order chi connectivity index (χ0) is 19.5. The van der Waals surface area contributed by atoms with Crippen LogP contribution >= 0.6 is 11.6 Å². The normalized spacial score (nSPS) is 11.9. The van der Waals surface area contributed by atoms with Crippen LogP contribution < -0.4 is 10.0 Å². The molecule has 0 fully saturated rings. The van der Waals surface area contributed by atoms with E-state index in [0.717, 1.165) is 12.1 Å². The minimum Gasteiger partial charge on any atom is -0.322 e. The number of carbonyl (C=O) groups is 1. The minimum absolute atomic E-state index is 0.0671. The van der Waals surface area contributed by atoms with E-state index in [9.17, 15) is 26.4 Å². The van der Waals surface area contributed by atoms with Crippen molar-refractivity contribution in [2.75, 3.05) is 15.8 Å². The third kappa shape index (κ3) is 5.12. The number of carbonyl (C=O) groups excluding carboxylic acids is 1. The highest BCUT2D eigenvalue weighted by atomic mass is 35.5. The van der Waals surface area contributed by atoms with Gasteiger partial charge in [-0.2, -0.15) is 13.2 Å². The van der Waals surface area contributed by atoms with Crippen LogP contribution in [0.3, 0.4) is 0 Å². The summed E-state index contributed by atoms with van der Waals surface area (Å²) >= 11 is 5.53. The Balaban J connectivity index is 2.16. The molecule has 0 radical (unpaired) electrons. The van der Waals surface area contributed by atoms with Gasteiger partial charge in [0.25, 0.3) is 5.91 Å². The Morgan fingerprint density at radius 3 is 2.19 bits per heavy atom. The fourth-order valence-corrected chi connectivity index (χ4v) is 2.83. The van der Waals surface area contributed by atoms with Crippen molar-refractivity contribution in [1.82, 2.24) is 0 Å². The van der Waals surface area contributed by atoms with Gasteiger partial charge in [-0.05, 0) is 49.4 Å². The number of hydrogen-bond donors (Lipinski definition) is 2. The third-order valence-electron chi connectivity index (χ3n) is 3.33. The maximum atomic E-state index is 12.8. The van der Waals surface area contributed by atoms with Crippen molar-refractivity contribution in [3.05, 3.63) is 58.6 Å². The van der Waals surface area contributed by atoms with Gasteiger partial charge in [0.15, 0.2) is 0 Å². The smallest absolute Gasteiger partial charge is 0.322 e. The summed E-state index contributed by atoms with van der Waals surface area (Å²) < 4.78 is 63.8. The van der Waals surface area contributed by atoms with Gasteiger partial charge in [-0.3, -0.25) is 9.52 Å². The lowest BCUT2D eigenvalue weighted by Gasteiger charge is -2.12. The Labute approximate surface area is 153 Å². The first-order chi connectivity index (χ1) is 12.0. The topological polar surface area (TPSA) is 75.3 Å². The van der Waals surface area contributed by atoms with Crippen molar-refractivity contribution in [2.45, 2.75) is 13.1 Å². The monoisotopic (exact) mass is 406 g/mol. The molecule has 0 aliphatic heterocycles. The van der Waals surface area contributed by atoms with Crippen LogP contribution in [0.15, 0.2) is 42.5 Å². The molecule has 140 valence electrons. The maximum Gasteiger partial charge on any atom is 0.417 e. The average molecular weight is 407 g/mol. The van der Waals surface area contributed by atoms with E-state index < -0.39 is 32.7 Å². The predicted octanol–water partition coefficient (Wildman–Crippen LogP) is 4.37. The highest BCUT2D eigenvalue weighted by molar-refractivity contribution is 7.92. The van der Waals surface area contributed by atoms with E-state index >= 15 is 0 Å². The second-order valence-electron chi connectivity index (χ2n) is 5.23. The lowest BCUT2D eigenvalue weighted by molar-refractivity contribution is -0.137. The number of hydrogen-bond acceptors (Lipinski definition) is 3. The third-order valence-corrected chi connectivity index (χ3v) is 4.97. The molecule has 0 spiro atoms. The highest BCUT2D eigenvalue weighted by Crippen LogP contribution is 2.36. The van der Waals surface area contributed by atoms with Crippen LogP contribution in [-0.2, 0) is 16.2 Å². The first kappa shape index (κ1) is 20.1. The predicted molar refractivity (Wildman–Crippen MR) is 93.9 cm³/mol. The molecule has 0 aliphatic carbocycles. The van der Waals surface area contributed by atoms with Gasteiger partial charge in [-0.15, -0.1) is 0 Å². The van der Waals surface area contributed by atoms with E-state index in [-0.39, 0.29) is 22.7 Å². The molecule has 2 N–H and O–H groups in total. The Morgan fingerprint density at radius 2 is 1.65 bits per heavy atom. The SMILES string of the molecule is CCS(=O)(=O)Nc1ccc(C(=O)Nc2ccc(Cl)c(C(F)(F)F)c2)cc1. The van der Waals surface area contributed by atoms with Crippen molar-refractivity contribution in [3.63, 3.8) is 0 Å². The van der Waals surface area contributed by atoms with E-state index in [1.54, 1.807) is 0 Å². The quantitative estimate of drug-likeness (QED) is 0.774. The highest BCUT2D eigenvalue weighted by Gasteiger charge is 2.33. The Bertz CT molecular complexity index is 913. The molecule has 2 aromatic carbocycles. The Kier molecular flexibility index (Phi) is 5.82. The zero-order valence-electron chi connectivity index (χ0n) is 13.4. The Hall–Kier alpha value is -2.26. The summed E-state index contributed by atoms with van der Waals surface area (Å²) in [5, 5.41) is 1.87. The summed E-state index contributed by atoms with van der Waals surface area (Å²) in [5.41, 5.74) is -0.703. The molecule has 10 heteroatoms. The number of amides is 1. The summed E-state index contributed by atoms with van der Waals surface area (Å²) in [7, 11) is -3.45. The van der Waals surface area contributed by atoms with E-state index in [4.69, 9.17) is 11.6 Å². The van der Waals surface area contributed by atoms with Crippen LogP contribution in [0, 0.1) is 0 Å². The molecule has 0 bridgehead atoms. The van der Waals surface area contributed by atoms with Crippen LogP contribution in [0.25, 0.3) is 0 Å². The molecule has 0 saturated heterocycles. The molecule has 2 aromatic rings. The van der Waals surface area contributed by atoms with Gasteiger partial charge in [-0.25, -0.2) is 8.42 Å². The molecular formula is C16H14ClF3N2O3S. The van der Waals surface area contributed by atoms with Crippen molar-refractivity contribution in [1.29, 1.82) is 0 Å². The lowest BCUT2D eigenvalue weighted by atomic mass is 10.1. The van der Waals surface area contributed by atoms with E-state index in [0.29, 0.717) is 0 Å². The van der Waals surface area contributed by atoms with Crippen LogP contribution in [0.2, 0.25) is 5.02 Å². The standard InChI is InChI=1S/C16H14ClF3N2O3S/c1-2-26(24,25)22-11-5-3-10(4-6-11)15(23)21-12-7-8-14(17)13(9-12)16(18,19)20/h3-9,22H,2H2,1H3,(H,21,23). The molecule has 0 atom stereocenters. The molecule has 0 aliphatic rings. The van der Waals surface area contributed by atoms with Crippen LogP contribution in [0.1, 0.15) is 22.8 Å². The van der Waals surface area contributed by atoms with E-state index in [2.05, 4.69) is 10.0 Å². The fraction of sp³-hybridized carbons (Fsp3) is 0.188. The van der Waals surface area contributed by atoms with Crippen molar-refractivity contribution in [3.8, 4) is 0 Å². The summed E-state index contributed by atoms with van der Waals surface area (Å²) in [6.07, 6.45) is -4.64. The molecule has 0 heterocycles. The molecule has 5 nitrogen and oxygen atoms in total.